The van der Waals surface area contributed by atoms with Crippen LogP contribution in [0.3, 0.4) is 0 Å². The van der Waals surface area contributed by atoms with Gasteiger partial charge in [0.25, 0.3) is 0 Å². The molecule has 10 aromatic rings. The van der Waals surface area contributed by atoms with Gasteiger partial charge in [0.15, 0.2) is 5.82 Å². The zero-order valence-electron chi connectivity index (χ0n) is 28.1. The molecule has 52 heavy (non-hydrogen) atoms. The van der Waals surface area contributed by atoms with E-state index in [9.17, 15) is 0 Å². The highest BCUT2D eigenvalue weighted by atomic mass is 16.3. The molecular formula is C48H31N3O. The molecule has 0 spiro atoms. The third-order valence-electron chi connectivity index (χ3n) is 9.85. The number of nitrogens with zero attached hydrogens (tertiary/aromatic N) is 3. The summed E-state index contributed by atoms with van der Waals surface area (Å²) in [4.78, 5) is 12.5. The molecule has 2 heterocycles. The Kier molecular flexibility index (Phi) is 7.10. The second-order valence-corrected chi connectivity index (χ2v) is 13.0. The quantitative estimate of drug-likeness (QED) is 0.177. The van der Waals surface area contributed by atoms with Gasteiger partial charge in [-0.3, -0.25) is 0 Å². The van der Waals surface area contributed by atoms with Gasteiger partial charge in [-0.1, -0.05) is 140 Å². The van der Waals surface area contributed by atoms with Crippen molar-refractivity contribution in [1.82, 2.24) is 9.97 Å². The van der Waals surface area contributed by atoms with E-state index < -0.39 is 0 Å². The molecule has 244 valence electrons. The Morgan fingerprint density at radius 2 is 0.962 bits per heavy atom. The van der Waals surface area contributed by atoms with Gasteiger partial charge >= 0.3 is 0 Å². The molecule has 0 radical (unpaired) electrons. The lowest BCUT2D eigenvalue weighted by Gasteiger charge is -2.27. The zero-order chi connectivity index (χ0) is 34.4. The second-order valence-electron chi connectivity index (χ2n) is 13.0. The van der Waals surface area contributed by atoms with E-state index in [1.54, 1.807) is 0 Å². The van der Waals surface area contributed by atoms with Crippen molar-refractivity contribution >= 4 is 60.7 Å². The van der Waals surface area contributed by atoms with E-state index in [1.807, 2.05) is 36.4 Å². The summed E-state index contributed by atoms with van der Waals surface area (Å²) in [7, 11) is 0. The molecule has 0 bridgehead atoms. The number of rotatable bonds is 6. The van der Waals surface area contributed by atoms with Gasteiger partial charge in [0.2, 0.25) is 0 Å². The number of furan rings is 1. The fraction of sp³-hybridized carbons (Fsp3) is 0. The summed E-state index contributed by atoms with van der Waals surface area (Å²) in [6.07, 6.45) is 0. The predicted octanol–water partition coefficient (Wildman–Crippen LogP) is 13.2. The van der Waals surface area contributed by atoms with Gasteiger partial charge in [0.05, 0.1) is 16.9 Å². The minimum absolute atomic E-state index is 0.666. The maximum Gasteiger partial charge on any atom is 0.160 e. The molecular weight excluding hydrogens is 635 g/mol. The van der Waals surface area contributed by atoms with Gasteiger partial charge in [-0.2, -0.15) is 0 Å². The molecule has 0 unspecified atom stereocenters. The van der Waals surface area contributed by atoms with E-state index in [0.29, 0.717) is 5.82 Å². The minimum Gasteiger partial charge on any atom is -0.455 e. The molecule has 0 aliphatic rings. The van der Waals surface area contributed by atoms with Crippen molar-refractivity contribution in [3.8, 4) is 33.8 Å². The number of aromatic nitrogens is 2. The molecule has 0 fully saturated rings. The molecule has 0 N–H and O–H groups in total. The van der Waals surface area contributed by atoms with Crippen LogP contribution in [0, 0.1) is 0 Å². The highest BCUT2D eigenvalue weighted by Gasteiger charge is 2.21. The smallest absolute Gasteiger partial charge is 0.160 e. The fourth-order valence-electron chi connectivity index (χ4n) is 7.36. The maximum atomic E-state index is 6.77. The van der Waals surface area contributed by atoms with Crippen molar-refractivity contribution in [2.45, 2.75) is 0 Å². The van der Waals surface area contributed by atoms with Crippen molar-refractivity contribution in [3.63, 3.8) is 0 Å². The Labute approximate surface area is 300 Å². The average molecular weight is 666 g/mol. The number of para-hydroxylation sites is 2. The van der Waals surface area contributed by atoms with E-state index in [-0.39, 0.29) is 0 Å². The monoisotopic (exact) mass is 665 g/mol. The predicted molar refractivity (Wildman–Crippen MR) is 215 cm³/mol. The molecule has 10 rings (SSSR count). The summed E-state index contributed by atoms with van der Waals surface area (Å²) in [5.41, 5.74) is 11.1. The van der Waals surface area contributed by atoms with Crippen LogP contribution in [0.1, 0.15) is 0 Å². The third-order valence-corrected chi connectivity index (χ3v) is 9.85. The highest BCUT2D eigenvalue weighted by molar-refractivity contribution is 6.20. The van der Waals surface area contributed by atoms with E-state index in [0.717, 1.165) is 77.5 Å². The normalized spacial score (nSPS) is 11.5. The Hall–Kier alpha value is -7.04. The van der Waals surface area contributed by atoms with Gasteiger partial charge in [-0.15, -0.1) is 0 Å². The van der Waals surface area contributed by atoms with Crippen LogP contribution in [0.5, 0.6) is 0 Å². The zero-order valence-corrected chi connectivity index (χ0v) is 28.1. The summed E-state index contributed by atoms with van der Waals surface area (Å²) < 4.78 is 6.77. The van der Waals surface area contributed by atoms with Gasteiger partial charge in [-0.25, -0.2) is 9.97 Å². The summed E-state index contributed by atoms with van der Waals surface area (Å²) >= 11 is 0. The van der Waals surface area contributed by atoms with Crippen LogP contribution >= 0.6 is 0 Å². The molecule has 0 saturated heterocycles. The summed E-state index contributed by atoms with van der Waals surface area (Å²) in [5.74, 6) is 0.666. The summed E-state index contributed by atoms with van der Waals surface area (Å²) in [5, 5.41) is 5.29. The van der Waals surface area contributed by atoms with E-state index >= 15 is 0 Å². The lowest BCUT2D eigenvalue weighted by molar-refractivity contribution is 0.673. The number of anilines is 3. The molecule has 0 saturated carbocycles. The first-order valence-electron chi connectivity index (χ1n) is 17.5. The lowest BCUT2D eigenvalue weighted by atomic mass is 10.0. The van der Waals surface area contributed by atoms with Crippen molar-refractivity contribution in [3.05, 3.63) is 188 Å². The fourth-order valence-corrected chi connectivity index (χ4v) is 7.36. The van der Waals surface area contributed by atoms with Crippen molar-refractivity contribution in [2.24, 2.45) is 0 Å². The van der Waals surface area contributed by atoms with Crippen LogP contribution in [0.15, 0.2) is 192 Å². The van der Waals surface area contributed by atoms with E-state index in [4.69, 9.17) is 14.4 Å². The van der Waals surface area contributed by atoms with E-state index in [2.05, 4.69) is 157 Å². The molecule has 0 atom stereocenters. The number of fused-ring (bicyclic) bond motifs is 6. The Bertz CT molecular complexity index is 2880. The molecule has 4 nitrogen and oxygen atoms in total. The topological polar surface area (TPSA) is 42.2 Å². The van der Waals surface area contributed by atoms with Gasteiger partial charge in [-0.05, 0) is 59.7 Å². The van der Waals surface area contributed by atoms with Crippen LogP contribution in [-0.2, 0) is 0 Å². The Morgan fingerprint density at radius 1 is 0.385 bits per heavy atom. The van der Waals surface area contributed by atoms with Gasteiger partial charge in [0.1, 0.15) is 11.2 Å². The first kappa shape index (κ1) is 29.8. The molecule has 0 aliphatic carbocycles. The van der Waals surface area contributed by atoms with Crippen molar-refractivity contribution in [2.75, 3.05) is 4.90 Å². The Morgan fingerprint density at radius 3 is 1.71 bits per heavy atom. The SMILES string of the molecule is c1ccc(-c2ccc(N(c3ccccc3)c3cc4c5ccc(-c6nc(-c7ccccc7)c7ccccc7n6)cc5oc4c4ccccc34)cc2)cc1. The minimum atomic E-state index is 0.666. The molecule has 0 aliphatic heterocycles. The van der Waals surface area contributed by atoms with Crippen LogP contribution in [0.4, 0.5) is 17.1 Å². The lowest BCUT2D eigenvalue weighted by Crippen LogP contribution is -2.10. The van der Waals surface area contributed by atoms with Crippen LogP contribution < -0.4 is 4.90 Å². The van der Waals surface area contributed by atoms with Crippen LogP contribution in [0.2, 0.25) is 0 Å². The maximum absolute atomic E-state index is 6.77. The van der Waals surface area contributed by atoms with Crippen molar-refractivity contribution in [1.29, 1.82) is 0 Å². The second kappa shape index (κ2) is 12.4. The van der Waals surface area contributed by atoms with Gasteiger partial charge in [0, 0.05) is 49.4 Å². The third kappa shape index (κ3) is 5.09. The van der Waals surface area contributed by atoms with Crippen molar-refractivity contribution < 1.29 is 4.42 Å². The number of hydrogen-bond donors (Lipinski definition) is 0. The highest BCUT2D eigenvalue weighted by Crippen LogP contribution is 2.45. The number of benzene rings is 8. The molecule has 0 amide bonds. The number of hydrogen-bond acceptors (Lipinski definition) is 4. The average Bonchev–Trinajstić information content (AvgIpc) is 3.60. The summed E-state index contributed by atoms with van der Waals surface area (Å²) in [6.45, 7) is 0. The largest absolute Gasteiger partial charge is 0.455 e. The van der Waals surface area contributed by atoms with Crippen LogP contribution in [-0.4, -0.2) is 9.97 Å². The molecule has 8 aromatic carbocycles. The first-order chi connectivity index (χ1) is 25.8. The summed E-state index contributed by atoms with van der Waals surface area (Å²) in [6, 6.07) is 65.6. The van der Waals surface area contributed by atoms with Gasteiger partial charge < -0.3 is 9.32 Å². The molecule has 2 aromatic heterocycles. The Balaban J connectivity index is 1.15. The molecule has 4 heteroatoms. The first-order valence-corrected chi connectivity index (χ1v) is 17.5. The van der Waals surface area contributed by atoms with Crippen LogP contribution in [0.25, 0.3) is 77.4 Å². The standard InChI is InChI=1S/C48H31N3O/c1-4-14-32(15-5-1)33-24-27-37(28-25-33)51(36-18-8-3-9-19-36)44-31-42-39-29-26-35(30-45(39)52-47(42)40-21-11-10-20-38(40)44)48-49-43-23-13-12-22-41(43)46(50-48)34-16-6-2-7-17-34/h1-31H. The van der Waals surface area contributed by atoms with E-state index in [1.165, 1.54) is 11.1 Å².